The lowest BCUT2D eigenvalue weighted by atomic mass is 10.1. The zero-order valence-corrected chi connectivity index (χ0v) is 13.7. The lowest BCUT2D eigenvalue weighted by molar-refractivity contribution is -0.124. The number of phenols is 1. The Hall–Kier alpha value is -3.41. The lowest BCUT2D eigenvalue weighted by Crippen LogP contribution is -2.28. The highest BCUT2D eigenvalue weighted by Gasteiger charge is 2.16. The third-order valence-corrected chi connectivity index (χ3v) is 3.89. The first-order valence-electron chi connectivity index (χ1n) is 7.94. The van der Waals surface area contributed by atoms with E-state index in [1.54, 1.807) is 42.5 Å². The standard InChI is InChI=1S/C20H16FNO4/c21-17-8-4-2-6-14(17)11-22-18(23)12-26-20(25)16-10-9-13-5-1-3-7-15(13)19(16)24/h1-10,24H,11-12H2,(H,22,23). The van der Waals surface area contributed by atoms with Gasteiger partial charge in [0.1, 0.15) is 17.1 Å². The number of ether oxygens (including phenoxy) is 1. The van der Waals surface area contributed by atoms with Crippen LogP contribution >= 0.6 is 0 Å². The third kappa shape index (κ3) is 3.80. The van der Waals surface area contributed by atoms with Gasteiger partial charge in [0.2, 0.25) is 0 Å². The Balaban J connectivity index is 1.59. The number of halogens is 1. The number of carbonyl (C=O) groups is 2. The second-order valence-electron chi connectivity index (χ2n) is 5.63. The third-order valence-electron chi connectivity index (χ3n) is 3.89. The van der Waals surface area contributed by atoms with E-state index in [1.807, 2.05) is 6.07 Å². The molecule has 0 aliphatic heterocycles. The van der Waals surface area contributed by atoms with Gasteiger partial charge < -0.3 is 15.2 Å². The molecule has 3 rings (SSSR count). The summed E-state index contributed by atoms with van der Waals surface area (Å²) in [6.45, 7) is -0.538. The van der Waals surface area contributed by atoms with Gasteiger partial charge in [-0.3, -0.25) is 4.79 Å². The van der Waals surface area contributed by atoms with E-state index >= 15 is 0 Å². The number of esters is 1. The number of nitrogens with one attached hydrogen (secondary N) is 1. The predicted molar refractivity (Wildman–Crippen MR) is 94.1 cm³/mol. The van der Waals surface area contributed by atoms with Crippen LogP contribution in [0.25, 0.3) is 10.8 Å². The highest BCUT2D eigenvalue weighted by atomic mass is 19.1. The molecule has 0 atom stereocenters. The van der Waals surface area contributed by atoms with Gasteiger partial charge in [-0.25, -0.2) is 9.18 Å². The summed E-state index contributed by atoms with van der Waals surface area (Å²) in [7, 11) is 0. The molecule has 5 nitrogen and oxygen atoms in total. The van der Waals surface area contributed by atoms with E-state index in [0.29, 0.717) is 10.9 Å². The highest BCUT2D eigenvalue weighted by Crippen LogP contribution is 2.28. The minimum atomic E-state index is -0.811. The van der Waals surface area contributed by atoms with Crippen molar-refractivity contribution in [3.05, 3.63) is 77.6 Å². The molecule has 0 aromatic heterocycles. The van der Waals surface area contributed by atoms with E-state index in [1.165, 1.54) is 12.1 Å². The van der Waals surface area contributed by atoms with E-state index in [0.717, 1.165) is 5.39 Å². The quantitative estimate of drug-likeness (QED) is 0.691. The molecule has 1 amide bonds. The lowest BCUT2D eigenvalue weighted by Gasteiger charge is -2.09. The Bertz CT molecular complexity index is 971. The van der Waals surface area contributed by atoms with Crippen LogP contribution in [0.15, 0.2) is 60.7 Å². The molecule has 0 unspecified atom stereocenters. The van der Waals surface area contributed by atoms with Gasteiger partial charge in [-0.05, 0) is 17.5 Å². The number of rotatable bonds is 5. The van der Waals surface area contributed by atoms with Gasteiger partial charge in [0.15, 0.2) is 6.61 Å². The monoisotopic (exact) mass is 353 g/mol. The number of amides is 1. The van der Waals surface area contributed by atoms with Crippen molar-refractivity contribution in [2.24, 2.45) is 0 Å². The van der Waals surface area contributed by atoms with Crippen LogP contribution in [0.2, 0.25) is 0 Å². The summed E-state index contributed by atoms with van der Waals surface area (Å²) < 4.78 is 18.4. The smallest absolute Gasteiger partial charge is 0.342 e. The minimum Gasteiger partial charge on any atom is -0.506 e. The fourth-order valence-electron chi connectivity index (χ4n) is 2.52. The average Bonchev–Trinajstić information content (AvgIpc) is 2.66. The van der Waals surface area contributed by atoms with Crippen molar-refractivity contribution in [2.45, 2.75) is 6.54 Å². The molecule has 0 saturated carbocycles. The molecule has 2 N–H and O–H groups in total. The first-order chi connectivity index (χ1) is 12.6. The molecular weight excluding hydrogens is 337 g/mol. The van der Waals surface area contributed by atoms with Crippen molar-refractivity contribution in [1.82, 2.24) is 5.32 Å². The number of carbonyl (C=O) groups excluding carboxylic acids is 2. The molecular formula is C20H16FNO4. The summed E-state index contributed by atoms with van der Waals surface area (Å²) in [6.07, 6.45) is 0. The molecule has 0 aliphatic carbocycles. The Labute approximate surface area is 149 Å². The van der Waals surface area contributed by atoms with Gasteiger partial charge in [-0.1, -0.05) is 48.5 Å². The van der Waals surface area contributed by atoms with Crippen molar-refractivity contribution in [1.29, 1.82) is 0 Å². The molecule has 0 spiro atoms. The van der Waals surface area contributed by atoms with Crippen LogP contribution in [0.1, 0.15) is 15.9 Å². The number of benzene rings is 3. The zero-order valence-electron chi connectivity index (χ0n) is 13.7. The van der Waals surface area contributed by atoms with E-state index in [2.05, 4.69) is 5.32 Å². The molecule has 0 radical (unpaired) electrons. The van der Waals surface area contributed by atoms with E-state index < -0.39 is 24.3 Å². The maximum absolute atomic E-state index is 13.5. The molecule has 132 valence electrons. The van der Waals surface area contributed by atoms with Crippen LogP contribution in [0.3, 0.4) is 0 Å². The van der Waals surface area contributed by atoms with Crippen molar-refractivity contribution < 1.29 is 23.8 Å². The van der Waals surface area contributed by atoms with Crippen LogP contribution in [-0.2, 0) is 16.1 Å². The van der Waals surface area contributed by atoms with E-state index in [-0.39, 0.29) is 17.9 Å². The zero-order chi connectivity index (χ0) is 18.5. The van der Waals surface area contributed by atoms with E-state index in [9.17, 15) is 19.1 Å². The molecule has 0 bridgehead atoms. The highest BCUT2D eigenvalue weighted by molar-refractivity contribution is 6.01. The van der Waals surface area contributed by atoms with Gasteiger partial charge in [0.25, 0.3) is 5.91 Å². The summed E-state index contributed by atoms with van der Waals surface area (Å²) in [5, 5.41) is 14.0. The first-order valence-corrected chi connectivity index (χ1v) is 7.94. The van der Waals surface area contributed by atoms with Crippen LogP contribution in [-0.4, -0.2) is 23.6 Å². The topological polar surface area (TPSA) is 75.6 Å². The van der Waals surface area contributed by atoms with Crippen LogP contribution in [0.4, 0.5) is 4.39 Å². The normalized spacial score (nSPS) is 10.5. The van der Waals surface area contributed by atoms with Gasteiger partial charge in [-0.2, -0.15) is 0 Å². The number of phenolic OH excluding ortho intramolecular Hbond substituents is 1. The van der Waals surface area contributed by atoms with Crippen molar-refractivity contribution in [2.75, 3.05) is 6.61 Å². The second kappa shape index (κ2) is 7.65. The maximum atomic E-state index is 13.5. The summed E-state index contributed by atoms with van der Waals surface area (Å²) in [4.78, 5) is 23.9. The van der Waals surface area contributed by atoms with Crippen molar-refractivity contribution >= 4 is 22.6 Å². The van der Waals surface area contributed by atoms with Gasteiger partial charge in [0, 0.05) is 17.5 Å². The Morgan fingerprint density at radius 3 is 2.54 bits per heavy atom. The molecule has 0 fully saturated rings. The fourth-order valence-corrected chi connectivity index (χ4v) is 2.52. The van der Waals surface area contributed by atoms with Gasteiger partial charge >= 0.3 is 5.97 Å². The number of hydrogen-bond donors (Lipinski definition) is 2. The SMILES string of the molecule is O=C(COC(=O)c1ccc2ccccc2c1O)NCc1ccccc1F. The Morgan fingerprint density at radius 1 is 1.00 bits per heavy atom. The molecule has 26 heavy (non-hydrogen) atoms. The van der Waals surface area contributed by atoms with Crippen LogP contribution in [0.5, 0.6) is 5.75 Å². The van der Waals surface area contributed by atoms with Crippen molar-refractivity contribution in [3.8, 4) is 5.75 Å². The molecule has 0 saturated heterocycles. The second-order valence-corrected chi connectivity index (χ2v) is 5.63. The summed E-state index contributed by atoms with van der Waals surface area (Å²) >= 11 is 0. The average molecular weight is 353 g/mol. The molecule has 0 heterocycles. The summed E-state index contributed by atoms with van der Waals surface area (Å²) in [6, 6.07) is 16.2. The summed E-state index contributed by atoms with van der Waals surface area (Å²) in [5.41, 5.74) is 0.310. The predicted octanol–water partition coefficient (Wildman–Crippen LogP) is 3.16. The molecule has 6 heteroatoms. The van der Waals surface area contributed by atoms with Gasteiger partial charge in [0.05, 0.1) is 0 Å². The number of fused-ring (bicyclic) bond motifs is 1. The Kier molecular flexibility index (Phi) is 5.12. The fraction of sp³-hybridized carbons (Fsp3) is 0.100. The largest absolute Gasteiger partial charge is 0.506 e. The number of hydrogen-bond acceptors (Lipinski definition) is 4. The van der Waals surface area contributed by atoms with Crippen molar-refractivity contribution in [3.63, 3.8) is 0 Å². The number of aromatic hydroxyl groups is 1. The van der Waals surface area contributed by atoms with Crippen LogP contribution < -0.4 is 5.32 Å². The Morgan fingerprint density at radius 2 is 1.73 bits per heavy atom. The van der Waals surface area contributed by atoms with Crippen LogP contribution in [0, 0.1) is 5.82 Å². The molecule has 0 aliphatic rings. The minimum absolute atomic E-state index is 0.00964. The van der Waals surface area contributed by atoms with Gasteiger partial charge in [-0.15, -0.1) is 0 Å². The molecule has 3 aromatic rings. The molecule has 3 aromatic carbocycles. The summed E-state index contributed by atoms with van der Waals surface area (Å²) in [5.74, 6) is -2.00. The van der Waals surface area contributed by atoms with E-state index in [4.69, 9.17) is 4.74 Å². The maximum Gasteiger partial charge on any atom is 0.342 e. The first kappa shape index (κ1) is 17.4.